The first-order valence-electron chi connectivity index (χ1n) is 5.43. The zero-order valence-corrected chi connectivity index (χ0v) is 11.5. The molecule has 0 saturated carbocycles. The minimum Gasteiger partial charge on any atom is -0.245 e. The van der Waals surface area contributed by atoms with Crippen LogP contribution in [0.25, 0.3) is 0 Å². The second-order valence-corrected chi connectivity index (χ2v) is 6.52. The molecule has 0 spiro atoms. The van der Waals surface area contributed by atoms with Crippen LogP contribution in [0.3, 0.4) is 0 Å². The summed E-state index contributed by atoms with van der Waals surface area (Å²) in [6.45, 7) is 8.05. The molecule has 0 fully saturated rings. The largest absolute Gasteiger partial charge is 0.464 e. The lowest BCUT2D eigenvalue weighted by Gasteiger charge is -2.32. The molecule has 0 radical (unpaired) electrons. The number of nitrogens with zero attached hydrogens (tertiary/aromatic N) is 3. The van der Waals surface area contributed by atoms with Gasteiger partial charge in [-0.2, -0.15) is 5.84 Å². The molecule has 1 atom stereocenters. The second-order valence-electron chi connectivity index (χ2n) is 5.08. The van der Waals surface area contributed by atoms with Crippen LogP contribution in [0.4, 0.5) is 9.59 Å². The highest BCUT2D eigenvalue weighted by Crippen LogP contribution is 2.25. The molecule has 1 aliphatic heterocycles. The predicted molar refractivity (Wildman–Crippen MR) is 68.0 cm³/mol. The Bertz CT molecular complexity index is 364. The Hall–Kier alpha value is -0.920. The Morgan fingerprint density at radius 1 is 1.47 bits per heavy atom. The standard InChI is InChI=1S/C10H19N4O2S/c1-5-17-14(11)7-12-8(15)13(9(14)16)6-10(2,3)4/h7H,5-6,11H2,1-4H3/q+1. The van der Waals surface area contributed by atoms with Crippen LogP contribution in [0.1, 0.15) is 27.7 Å². The summed E-state index contributed by atoms with van der Waals surface area (Å²) in [6.07, 6.45) is 1.19. The maximum atomic E-state index is 12.2. The van der Waals surface area contributed by atoms with E-state index in [4.69, 9.17) is 5.84 Å². The van der Waals surface area contributed by atoms with Crippen molar-refractivity contribution in [3.8, 4) is 0 Å². The quantitative estimate of drug-likeness (QED) is 0.364. The molecule has 17 heavy (non-hydrogen) atoms. The van der Waals surface area contributed by atoms with Gasteiger partial charge in [-0.05, 0) is 5.41 Å². The predicted octanol–water partition coefficient (Wildman–Crippen LogP) is 1.98. The minimum absolute atomic E-state index is 0.181. The zero-order valence-electron chi connectivity index (χ0n) is 10.6. The van der Waals surface area contributed by atoms with Crippen molar-refractivity contribution in [1.29, 1.82) is 0 Å². The Kier molecular flexibility index (Phi) is 3.95. The molecule has 2 N–H and O–H groups in total. The number of rotatable bonds is 3. The third kappa shape index (κ3) is 3.27. The summed E-state index contributed by atoms with van der Waals surface area (Å²) >= 11 is 1.22. The maximum Gasteiger partial charge on any atom is 0.464 e. The smallest absolute Gasteiger partial charge is 0.245 e. The normalized spacial score (nSPS) is 25.6. The van der Waals surface area contributed by atoms with E-state index in [9.17, 15) is 9.59 Å². The van der Waals surface area contributed by atoms with E-state index in [1.54, 1.807) is 0 Å². The van der Waals surface area contributed by atoms with Gasteiger partial charge in [-0.15, -0.1) is 4.99 Å². The highest BCUT2D eigenvalue weighted by molar-refractivity contribution is 7.94. The highest BCUT2D eigenvalue weighted by Gasteiger charge is 2.46. The number of amides is 4. The molecule has 1 rings (SSSR count). The Labute approximate surface area is 106 Å². The van der Waals surface area contributed by atoms with E-state index in [0.29, 0.717) is 12.3 Å². The van der Waals surface area contributed by atoms with E-state index in [2.05, 4.69) is 4.99 Å². The van der Waals surface area contributed by atoms with Crippen molar-refractivity contribution in [2.24, 2.45) is 16.3 Å². The number of nitrogens with two attached hydrogens (primary N) is 1. The summed E-state index contributed by atoms with van der Waals surface area (Å²) in [6, 6.07) is -0.979. The van der Waals surface area contributed by atoms with Crippen LogP contribution in [-0.2, 0) is 0 Å². The summed E-state index contributed by atoms with van der Waals surface area (Å²) in [4.78, 5) is 28.6. The molecule has 1 heterocycles. The fourth-order valence-electron chi connectivity index (χ4n) is 1.44. The number of carbonyl (C=O) groups excluding carboxylic acids is 2. The maximum absolute atomic E-state index is 12.2. The molecule has 1 aliphatic rings. The summed E-state index contributed by atoms with van der Waals surface area (Å²) < 4.78 is -0.502. The molecule has 0 aliphatic carbocycles. The Balaban J connectivity index is 2.97. The van der Waals surface area contributed by atoms with Gasteiger partial charge in [0.2, 0.25) is 6.34 Å². The van der Waals surface area contributed by atoms with Crippen molar-refractivity contribution >= 4 is 30.3 Å². The number of quaternary nitrogens is 1. The van der Waals surface area contributed by atoms with Gasteiger partial charge in [0.1, 0.15) is 11.9 Å². The van der Waals surface area contributed by atoms with Gasteiger partial charge in [-0.1, -0.05) is 31.7 Å². The average Bonchev–Trinajstić information content (AvgIpc) is 2.19. The molecule has 4 amide bonds. The molecule has 0 saturated heterocycles. The summed E-state index contributed by atoms with van der Waals surface area (Å²) in [5.41, 5.74) is -0.181. The van der Waals surface area contributed by atoms with Crippen molar-refractivity contribution in [1.82, 2.24) is 4.90 Å². The van der Waals surface area contributed by atoms with Crippen molar-refractivity contribution < 1.29 is 13.6 Å². The number of urea groups is 2. The number of imide groups is 1. The lowest BCUT2D eigenvalue weighted by Crippen LogP contribution is -2.62. The molecule has 0 bridgehead atoms. The topological polar surface area (TPSA) is 75.8 Å². The van der Waals surface area contributed by atoms with Gasteiger partial charge < -0.3 is 0 Å². The lowest BCUT2D eigenvalue weighted by atomic mass is 9.96. The molecule has 0 aromatic rings. The second kappa shape index (κ2) is 4.75. The van der Waals surface area contributed by atoms with Gasteiger partial charge in [-0.25, -0.2) is 14.5 Å². The first-order chi connectivity index (χ1) is 7.69. The van der Waals surface area contributed by atoms with Crippen molar-refractivity contribution in [2.45, 2.75) is 27.7 Å². The third-order valence-electron chi connectivity index (χ3n) is 2.08. The average molecular weight is 259 g/mol. The van der Waals surface area contributed by atoms with Gasteiger partial charge in [0.05, 0.1) is 0 Å². The van der Waals surface area contributed by atoms with E-state index in [1.807, 2.05) is 27.7 Å². The first-order valence-corrected chi connectivity index (χ1v) is 6.37. The molecule has 96 valence electrons. The Morgan fingerprint density at radius 3 is 2.53 bits per heavy atom. The van der Waals surface area contributed by atoms with Crippen LogP contribution in [0.15, 0.2) is 4.99 Å². The van der Waals surface area contributed by atoms with Crippen molar-refractivity contribution in [2.75, 3.05) is 12.3 Å². The number of carbonyl (C=O) groups is 2. The van der Waals surface area contributed by atoms with Gasteiger partial charge >= 0.3 is 12.1 Å². The molecule has 0 aromatic heterocycles. The van der Waals surface area contributed by atoms with Gasteiger partial charge in [-0.3, -0.25) is 0 Å². The first kappa shape index (κ1) is 14.1. The highest BCUT2D eigenvalue weighted by atomic mass is 32.2. The van der Waals surface area contributed by atoms with Crippen LogP contribution in [-0.4, -0.2) is 39.6 Å². The summed E-state index contributed by atoms with van der Waals surface area (Å²) in [7, 11) is 0. The van der Waals surface area contributed by atoms with Crippen molar-refractivity contribution in [3.05, 3.63) is 0 Å². The molecular weight excluding hydrogens is 240 g/mol. The summed E-state index contributed by atoms with van der Waals surface area (Å²) in [5.74, 6) is 6.55. The van der Waals surface area contributed by atoms with Crippen LogP contribution >= 0.6 is 11.9 Å². The van der Waals surface area contributed by atoms with Crippen molar-refractivity contribution in [3.63, 3.8) is 0 Å². The fraction of sp³-hybridized carbons (Fsp3) is 0.700. The van der Waals surface area contributed by atoms with Gasteiger partial charge in [0, 0.05) is 12.3 Å². The molecule has 0 aromatic carbocycles. The van der Waals surface area contributed by atoms with E-state index in [1.165, 1.54) is 18.3 Å². The van der Waals surface area contributed by atoms with E-state index < -0.39 is 16.1 Å². The SMILES string of the molecule is CCS[N+]1(N)C=NC(=O)N(CC(C)(C)C)C1=O. The minimum atomic E-state index is -0.541. The van der Waals surface area contributed by atoms with Gasteiger partial charge in [0.15, 0.2) is 0 Å². The fourth-order valence-corrected chi connectivity index (χ4v) is 2.19. The number of hydrogen-bond donors (Lipinski definition) is 1. The monoisotopic (exact) mass is 259 g/mol. The third-order valence-corrected chi connectivity index (χ3v) is 3.01. The molecular formula is C10H19N4O2S+. The molecule has 6 nitrogen and oxygen atoms in total. The van der Waals surface area contributed by atoms with Crippen LogP contribution < -0.4 is 5.84 Å². The zero-order chi connectivity index (χ0) is 13.3. The summed E-state index contributed by atoms with van der Waals surface area (Å²) in [5, 5.41) is 0. The van der Waals surface area contributed by atoms with E-state index in [0.717, 1.165) is 4.90 Å². The number of hydrogen-bond acceptors (Lipinski definition) is 4. The van der Waals surface area contributed by atoms with Crippen LogP contribution in [0.5, 0.6) is 0 Å². The molecule has 7 heteroatoms. The lowest BCUT2D eigenvalue weighted by molar-refractivity contribution is -0.616. The number of aliphatic imine (C=N–C) groups is 1. The van der Waals surface area contributed by atoms with E-state index in [-0.39, 0.29) is 5.41 Å². The Morgan fingerprint density at radius 2 is 2.06 bits per heavy atom. The molecule has 1 unspecified atom stereocenters. The van der Waals surface area contributed by atoms with Crippen LogP contribution in [0, 0.1) is 5.41 Å². The van der Waals surface area contributed by atoms with Crippen LogP contribution in [0.2, 0.25) is 0 Å². The van der Waals surface area contributed by atoms with Gasteiger partial charge in [0.25, 0.3) is 0 Å². The van der Waals surface area contributed by atoms with E-state index >= 15 is 0 Å².